The zero-order chi connectivity index (χ0) is 37.9. The van der Waals surface area contributed by atoms with E-state index in [0.29, 0.717) is 25.9 Å². The molecule has 0 amide bonds. The standard InChI is InChI=1S/C32H57N7O12S/c33-9-18-23(41)25(43)22(37)30(48-18)51-29-19(12-40)49-31(27(29)45)50-28-15(20(35)24(42)21(36)26(28)44)8-17-16(34)7-6-14(47-17)11-39(32(46)52-38)10-13-4-2-1-3-5-13/h1-5,14-32,40-46H,6-12,33-38H2/t14-,15+,16+,17+,18-,19+,20+,21+,22+,23+,24-,25+,26-,27+,28-,29+,30+,31-,32-/m0/s1. The van der Waals surface area contributed by atoms with Gasteiger partial charge >= 0.3 is 0 Å². The molecule has 0 radical (unpaired) electrons. The molecule has 3 saturated heterocycles. The molecule has 19 nitrogen and oxygen atoms in total. The third-order valence-electron chi connectivity index (χ3n) is 10.7. The maximum atomic E-state index is 11.4. The highest BCUT2D eigenvalue weighted by Crippen LogP contribution is 2.37. The zero-order valence-electron chi connectivity index (χ0n) is 28.8. The molecule has 20 heteroatoms. The van der Waals surface area contributed by atoms with Crippen molar-refractivity contribution in [2.45, 2.75) is 135 Å². The maximum Gasteiger partial charge on any atom is 0.187 e. The van der Waals surface area contributed by atoms with E-state index in [9.17, 15) is 35.7 Å². The van der Waals surface area contributed by atoms with Crippen LogP contribution < -0.4 is 33.8 Å². The van der Waals surface area contributed by atoms with Gasteiger partial charge in [-0.05, 0) is 36.8 Å². The van der Waals surface area contributed by atoms with Gasteiger partial charge in [0.2, 0.25) is 0 Å². The van der Waals surface area contributed by atoms with Crippen LogP contribution in [-0.4, -0.2) is 170 Å². The van der Waals surface area contributed by atoms with E-state index in [1.807, 2.05) is 30.3 Å². The molecule has 1 saturated carbocycles. The Bertz CT molecular complexity index is 1240. The first-order chi connectivity index (χ1) is 24.8. The fourth-order valence-electron chi connectivity index (χ4n) is 7.60. The van der Waals surface area contributed by atoms with Gasteiger partial charge in [0.25, 0.3) is 0 Å². The number of hydrogen-bond acceptors (Lipinski definition) is 20. The molecule has 3 heterocycles. The predicted molar refractivity (Wildman–Crippen MR) is 186 cm³/mol. The number of ether oxygens (including phenoxy) is 5. The topological polar surface area (TPSA) is 347 Å². The molecular weight excluding hydrogens is 706 g/mol. The van der Waals surface area contributed by atoms with Crippen molar-refractivity contribution < 1.29 is 59.4 Å². The Balaban J connectivity index is 1.29. The molecule has 1 aliphatic carbocycles. The summed E-state index contributed by atoms with van der Waals surface area (Å²) in [6.07, 6.45) is -14.4. The van der Waals surface area contributed by atoms with Crippen LogP contribution in [0.25, 0.3) is 0 Å². The number of aliphatic hydroxyl groups is 7. The second-order valence-corrected chi connectivity index (χ2v) is 14.9. The van der Waals surface area contributed by atoms with Gasteiger partial charge in [0.1, 0.15) is 36.6 Å². The van der Waals surface area contributed by atoms with Crippen molar-refractivity contribution in [2.75, 3.05) is 19.7 Å². The number of rotatable bonds is 14. The van der Waals surface area contributed by atoms with Gasteiger partial charge in [-0.1, -0.05) is 30.3 Å². The Kier molecular flexibility index (Phi) is 15.0. The molecule has 3 aliphatic heterocycles. The van der Waals surface area contributed by atoms with Gasteiger partial charge < -0.3 is 88.1 Å². The monoisotopic (exact) mass is 763 g/mol. The molecule has 0 aromatic heterocycles. The van der Waals surface area contributed by atoms with Crippen molar-refractivity contribution in [3.63, 3.8) is 0 Å². The van der Waals surface area contributed by atoms with E-state index in [0.717, 1.165) is 17.5 Å². The maximum absolute atomic E-state index is 11.4. The van der Waals surface area contributed by atoms with Crippen molar-refractivity contribution in [2.24, 2.45) is 39.7 Å². The Morgan fingerprint density at radius 2 is 1.44 bits per heavy atom. The van der Waals surface area contributed by atoms with E-state index in [1.54, 1.807) is 4.90 Å². The van der Waals surface area contributed by atoms with E-state index in [1.165, 1.54) is 0 Å². The van der Waals surface area contributed by atoms with Crippen LogP contribution in [0.2, 0.25) is 0 Å². The highest BCUT2D eigenvalue weighted by Gasteiger charge is 2.54. The fraction of sp³-hybridized carbons (Fsp3) is 0.812. The van der Waals surface area contributed by atoms with Crippen LogP contribution in [0.15, 0.2) is 30.3 Å². The van der Waals surface area contributed by atoms with E-state index in [-0.39, 0.29) is 19.1 Å². The van der Waals surface area contributed by atoms with Crippen molar-refractivity contribution in [3.8, 4) is 0 Å². The summed E-state index contributed by atoms with van der Waals surface area (Å²) >= 11 is 0.804. The molecular formula is C32H57N7O12S. The summed E-state index contributed by atoms with van der Waals surface area (Å²) in [7, 11) is 0. The van der Waals surface area contributed by atoms with Gasteiger partial charge in [0.15, 0.2) is 18.1 Å². The van der Waals surface area contributed by atoms with E-state index in [4.69, 9.17) is 57.5 Å². The van der Waals surface area contributed by atoms with Gasteiger partial charge in [-0.3, -0.25) is 10.0 Å². The van der Waals surface area contributed by atoms with Crippen LogP contribution in [0.3, 0.4) is 0 Å². The first kappa shape index (κ1) is 42.0. The lowest BCUT2D eigenvalue weighted by Crippen LogP contribution is -2.68. The third kappa shape index (κ3) is 9.25. The zero-order valence-corrected chi connectivity index (χ0v) is 29.6. The van der Waals surface area contributed by atoms with E-state index in [2.05, 4.69) is 0 Å². The summed E-state index contributed by atoms with van der Waals surface area (Å²) < 4.78 is 30.1. The lowest BCUT2D eigenvalue weighted by molar-refractivity contribution is -0.280. The summed E-state index contributed by atoms with van der Waals surface area (Å²) in [4.78, 5) is 1.79. The van der Waals surface area contributed by atoms with Crippen LogP contribution in [0.1, 0.15) is 24.8 Å². The summed E-state index contributed by atoms with van der Waals surface area (Å²) in [5.74, 6) is -0.814. The first-order valence-corrected chi connectivity index (χ1v) is 18.6. The van der Waals surface area contributed by atoms with E-state index < -0.39 is 116 Å². The summed E-state index contributed by atoms with van der Waals surface area (Å²) in [5.41, 5.74) is 31.0. The molecule has 1 aromatic rings. The number of hydrogen-bond donors (Lipinski definition) is 13. The molecule has 0 unspecified atom stereocenters. The Morgan fingerprint density at radius 3 is 2.10 bits per heavy atom. The van der Waals surface area contributed by atoms with Gasteiger partial charge in [0, 0.05) is 37.6 Å². The van der Waals surface area contributed by atoms with Crippen molar-refractivity contribution >= 4 is 11.9 Å². The number of nitrogens with two attached hydrogens (primary N) is 6. The second-order valence-electron chi connectivity index (χ2n) is 14.2. The SMILES string of the molecule is NC[C@@H]1O[C@H](O[C@H]2[C@@H](O)[C@H](O[C@@H]3[C@@H](O)[C@H](N)[C@@H](O)[C@H](N)[C@H]3C[C@H]3O[C@H](CN(Cc4ccccc4)[C@@H](O)SN)CC[C@H]3N)O[C@@H]2CO)[C@H](N)[C@@H](O)[C@@H]1O. The van der Waals surface area contributed by atoms with Crippen LogP contribution >= 0.6 is 11.9 Å². The summed E-state index contributed by atoms with van der Waals surface area (Å²) in [6.45, 7) is -0.0413. The molecule has 52 heavy (non-hydrogen) atoms. The minimum atomic E-state index is -1.58. The largest absolute Gasteiger partial charge is 0.394 e. The van der Waals surface area contributed by atoms with Gasteiger partial charge in [-0.15, -0.1) is 0 Å². The summed E-state index contributed by atoms with van der Waals surface area (Å²) in [6, 6.07) is 5.69. The molecule has 298 valence electrons. The van der Waals surface area contributed by atoms with Gasteiger partial charge in [-0.25, -0.2) is 0 Å². The Labute approximate surface area is 306 Å². The smallest absolute Gasteiger partial charge is 0.187 e. The van der Waals surface area contributed by atoms with E-state index >= 15 is 0 Å². The Hall–Kier alpha value is -1.19. The van der Waals surface area contributed by atoms with Crippen LogP contribution in [0.5, 0.6) is 0 Å². The lowest BCUT2D eigenvalue weighted by atomic mass is 9.72. The number of nitrogens with zero attached hydrogens (tertiary/aromatic N) is 1. The number of benzene rings is 1. The van der Waals surface area contributed by atoms with Gasteiger partial charge in [-0.2, -0.15) is 0 Å². The third-order valence-corrected chi connectivity index (χ3v) is 11.3. The van der Waals surface area contributed by atoms with Crippen molar-refractivity contribution in [1.29, 1.82) is 0 Å². The van der Waals surface area contributed by atoms with Crippen LogP contribution in [0.4, 0.5) is 0 Å². The van der Waals surface area contributed by atoms with Crippen LogP contribution in [0, 0.1) is 5.92 Å². The van der Waals surface area contributed by atoms with Crippen molar-refractivity contribution in [3.05, 3.63) is 35.9 Å². The van der Waals surface area contributed by atoms with Crippen LogP contribution in [-0.2, 0) is 30.2 Å². The average molecular weight is 764 g/mol. The minimum absolute atomic E-state index is 0.120. The second kappa shape index (κ2) is 18.6. The summed E-state index contributed by atoms with van der Waals surface area (Å²) in [5, 5.41) is 80.8. The first-order valence-electron chi connectivity index (χ1n) is 17.6. The Morgan fingerprint density at radius 1 is 0.769 bits per heavy atom. The van der Waals surface area contributed by atoms with Crippen molar-refractivity contribution in [1.82, 2.24) is 4.90 Å². The lowest BCUT2D eigenvalue weighted by Gasteiger charge is -2.48. The van der Waals surface area contributed by atoms with Gasteiger partial charge in [0.05, 0.1) is 49.2 Å². The molecule has 4 aliphatic rings. The normalized spacial score (nSPS) is 45.0. The molecule has 5 rings (SSSR count). The molecule has 1 aromatic carbocycles. The highest BCUT2D eigenvalue weighted by molar-refractivity contribution is 7.97. The fourth-order valence-corrected chi connectivity index (χ4v) is 7.93. The quantitative estimate of drug-likeness (QED) is 0.0620. The predicted octanol–water partition coefficient (Wildman–Crippen LogP) is -5.78. The molecule has 0 bridgehead atoms. The molecule has 4 fully saturated rings. The molecule has 19 N–H and O–H groups in total. The molecule has 19 atom stereocenters. The minimum Gasteiger partial charge on any atom is -0.394 e. The average Bonchev–Trinajstić information content (AvgIpc) is 3.45. The highest BCUT2D eigenvalue weighted by atomic mass is 32.2. The molecule has 0 spiro atoms. The number of aliphatic hydroxyl groups excluding tert-OH is 7.